The summed E-state index contributed by atoms with van der Waals surface area (Å²) in [5.74, 6) is 1.43. The van der Waals surface area contributed by atoms with Gasteiger partial charge in [-0.3, -0.25) is 0 Å². The summed E-state index contributed by atoms with van der Waals surface area (Å²) in [5.41, 5.74) is 0.802. The zero-order chi connectivity index (χ0) is 17.6. The van der Waals surface area contributed by atoms with Gasteiger partial charge in [-0.25, -0.2) is 4.98 Å². The van der Waals surface area contributed by atoms with Crippen molar-refractivity contribution in [1.82, 2.24) is 14.9 Å². The predicted molar refractivity (Wildman–Crippen MR) is 100 cm³/mol. The molecule has 0 amide bonds. The van der Waals surface area contributed by atoms with E-state index in [2.05, 4.69) is 28.7 Å². The van der Waals surface area contributed by atoms with E-state index in [0.29, 0.717) is 5.75 Å². The maximum Gasteiger partial charge on any atom is 0.161 e. The number of aryl methyl sites for hydroxylation is 1. The molecule has 0 atom stereocenters. The van der Waals surface area contributed by atoms with Crippen molar-refractivity contribution in [2.24, 2.45) is 0 Å². The number of methoxy groups -OCH3 is 2. The standard InChI is InChI=1S/C18H25N3O2S/c1-18(2,14-6-7-15(22-3)16(12-14)23-4)17(24)20-8-5-10-21-11-9-19-13-21/h6-7,9,11-13H,5,8,10H2,1-4H3,(H,20,24). The molecule has 0 fully saturated rings. The Morgan fingerprint density at radius 1 is 1.25 bits per heavy atom. The quantitative estimate of drug-likeness (QED) is 0.587. The minimum atomic E-state index is -0.288. The summed E-state index contributed by atoms with van der Waals surface area (Å²) in [6.07, 6.45) is 6.56. The third-order valence-corrected chi connectivity index (χ3v) is 4.77. The van der Waals surface area contributed by atoms with Gasteiger partial charge < -0.3 is 19.4 Å². The maximum absolute atomic E-state index is 5.62. The first-order valence-corrected chi connectivity index (χ1v) is 8.36. The van der Waals surface area contributed by atoms with Gasteiger partial charge in [0.25, 0.3) is 0 Å². The van der Waals surface area contributed by atoms with Gasteiger partial charge in [0.15, 0.2) is 11.5 Å². The van der Waals surface area contributed by atoms with Crippen molar-refractivity contribution < 1.29 is 9.47 Å². The lowest BCUT2D eigenvalue weighted by Gasteiger charge is -2.28. The Bertz CT molecular complexity index is 669. The van der Waals surface area contributed by atoms with Crippen LogP contribution >= 0.6 is 12.2 Å². The van der Waals surface area contributed by atoms with Crippen LogP contribution in [0.2, 0.25) is 0 Å². The molecule has 0 spiro atoms. The summed E-state index contributed by atoms with van der Waals surface area (Å²) in [5, 5.41) is 3.38. The van der Waals surface area contributed by atoms with Gasteiger partial charge in [0.05, 0.1) is 25.5 Å². The molecule has 1 N–H and O–H groups in total. The number of rotatable bonds is 8. The van der Waals surface area contributed by atoms with Gasteiger partial charge in [-0.2, -0.15) is 0 Å². The Hall–Kier alpha value is -2.08. The van der Waals surface area contributed by atoms with E-state index in [1.807, 2.05) is 30.7 Å². The Balaban J connectivity index is 1.96. The molecule has 0 saturated carbocycles. The van der Waals surface area contributed by atoms with E-state index in [0.717, 1.165) is 35.8 Å². The van der Waals surface area contributed by atoms with Crippen molar-refractivity contribution in [2.75, 3.05) is 20.8 Å². The van der Waals surface area contributed by atoms with E-state index in [4.69, 9.17) is 21.7 Å². The fourth-order valence-electron chi connectivity index (χ4n) is 2.46. The number of imidazole rings is 1. The fourth-order valence-corrected chi connectivity index (χ4v) is 2.68. The van der Waals surface area contributed by atoms with Crippen LogP contribution in [0.1, 0.15) is 25.8 Å². The topological polar surface area (TPSA) is 48.3 Å². The molecule has 6 heteroatoms. The first-order chi connectivity index (χ1) is 11.5. The summed E-state index contributed by atoms with van der Waals surface area (Å²) in [4.78, 5) is 4.86. The highest BCUT2D eigenvalue weighted by Crippen LogP contribution is 2.33. The van der Waals surface area contributed by atoms with Gasteiger partial charge in [0.2, 0.25) is 0 Å². The number of nitrogens with zero attached hydrogens (tertiary/aromatic N) is 2. The predicted octanol–water partition coefficient (Wildman–Crippen LogP) is 3.19. The number of ether oxygens (including phenoxy) is 2. The van der Waals surface area contributed by atoms with Gasteiger partial charge in [0.1, 0.15) is 0 Å². The lowest BCUT2D eigenvalue weighted by Crippen LogP contribution is -2.39. The highest BCUT2D eigenvalue weighted by atomic mass is 32.1. The Labute approximate surface area is 149 Å². The second-order valence-electron chi connectivity index (χ2n) is 6.10. The van der Waals surface area contributed by atoms with Crippen molar-refractivity contribution in [1.29, 1.82) is 0 Å². The molecule has 5 nitrogen and oxygen atoms in total. The molecule has 2 rings (SSSR count). The number of hydrogen-bond acceptors (Lipinski definition) is 4. The van der Waals surface area contributed by atoms with Gasteiger partial charge in [-0.1, -0.05) is 18.3 Å². The number of benzene rings is 1. The van der Waals surface area contributed by atoms with E-state index in [1.54, 1.807) is 20.4 Å². The van der Waals surface area contributed by atoms with E-state index in [9.17, 15) is 0 Å². The molecule has 0 aliphatic rings. The van der Waals surface area contributed by atoms with Crippen LogP contribution in [0.4, 0.5) is 0 Å². The zero-order valence-corrected chi connectivity index (χ0v) is 15.5. The van der Waals surface area contributed by atoms with Gasteiger partial charge in [-0.15, -0.1) is 0 Å². The second-order valence-corrected chi connectivity index (χ2v) is 6.51. The third kappa shape index (κ3) is 4.26. The van der Waals surface area contributed by atoms with Crippen molar-refractivity contribution in [2.45, 2.75) is 32.2 Å². The highest BCUT2D eigenvalue weighted by molar-refractivity contribution is 7.80. The van der Waals surface area contributed by atoms with E-state index >= 15 is 0 Å². The molecule has 1 aromatic carbocycles. The second kappa shape index (κ2) is 8.15. The molecule has 0 bridgehead atoms. The normalized spacial score (nSPS) is 11.2. The summed E-state index contributed by atoms with van der Waals surface area (Å²) in [6, 6.07) is 5.93. The molecular weight excluding hydrogens is 322 g/mol. The maximum atomic E-state index is 5.62. The van der Waals surface area contributed by atoms with Crippen molar-refractivity contribution >= 4 is 17.2 Å². The number of aromatic nitrogens is 2. The number of nitrogens with one attached hydrogen (secondary N) is 1. The SMILES string of the molecule is COc1ccc(C(C)(C)C(=S)NCCCn2ccnc2)cc1OC. The average Bonchev–Trinajstić information content (AvgIpc) is 3.11. The van der Waals surface area contributed by atoms with Crippen molar-refractivity contribution in [3.05, 3.63) is 42.5 Å². The summed E-state index contributed by atoms with van der Waals surface area (Å²) >= 11 is 5.62. The lowest BCUT2D eigenvalue weighted by molar-refractivity contribution is 0.354. The molecule has 0 radical (unpaired) electrons. The highest BCUT2D eigenvalue weighted by Gasteiger charge is 2.27. The van der Waals surface area contributed by atoms with Crippen LogP contribution in [0.25, 0.3) is 0 Å². The number of hydrogen-bond donors (Lipinski definition) is 1. The van der Waals surface area contributed by atoms with Crippen LogP contribution in [-0.4, -0.2) is 35.3 Å². The molecule has 0 aliphatic carbocycles. The summed E-state index contributed by atoms with van der Waals surface area (Å²) < 4.78 is 12.8. The molecule has 130 valence electrons. The monoisotopic (exact) mass is 347 g/mol. The smallest absolute Gasteiger partial charge is 0.161 e. The zero-order valence-electron chi connectivity index (χ0n) is 14.7. The molecular formula is C18H25N3O2S. The first-order valence-electron chi connectivity index (χ1n) is 7.95. The minimum absolute atomic E-state index is 0.288. The molecule has 0 unspecified atom stereocenters. The summed E-state index contributed by atoms with van der Waals surface area (Å²) in [6.45, 7) is 5.97. The van der Waals surface area contributed by atoms with E-state index < -0.39 is 0 Å². The van der Waals surface area contributed by atoms with Crippen LogP contribution < -0.4 is 14.8 Å². The Morgan fingerprint density at radius 3 is 2.62 bits per heavy atom. The van der Waals surface area contributed by atoms with Gasteiger partial charge >= 0.3 is 0 Å². The van der Waals surface area contributed by atoms with Crippen molar-refractivity contribution in [3.8, 4) is 11.5 Å². The Kier molecular flexibility index (Phi) is 6.20. The number of thiocarbonyl (C=S) groups is 1. The molecule has 0 aliphatic heterocycles. The third-order valence-electron chi connectivity index (χ3n) is 4.11. The molecule has 1 heterocycles. The molecule has 24 heavy (non-hydrogen) atoms. The van der Waals surface area contributed by atoms with Crippen molar-refractivity contribution in [3.63, 3.8) is 0 Å². The average molecular weight is 347 g/mol. The van der Waals surface area contributed by atoms with Gasteiger partial charge in [-0.05, 0) is 38.0 Å². The Morgan fingerprint density at radius 2 is 2.00 bits per heavy atom. The van der Waals surface area contributed by atoms with Crippen LogP contribution in [0.15, 0.2) is 36.9 Å². The van der Waals surface area contributed by atoms with Crippen LogP contribution in [0.3, 0.4) is 0 Å². The van der Waals surface area contributed by atoms with Gasteiger partial charge in [0, 0.05) is 30.9 Å². The molecule has 1 aromatic heterocycles. The van der Waals surface area contributed by atoms with Crippen LogP contribution in [0.5, 0.6) is 11.5 Å². The van der Waals surface area contributed by atoms with Crippen LogP contribution in [-0.2, 0) is 12.0 Å². The van der Waals surface area contributed by atoms with E-state index in [-0.39, 0.29) is 5.41 Å². The molecule has 2 aromatic rings. The molecule has 0 saturated heterocycles. The fraction of sp³-hybridized carbons (Fsp3) is 0.444. The van der Waals surface area contributed by atoms with E-state index in [1.165, 1.54) is 0 Å². The summed E-state index contributed by atoms with van der Waals surface area (Å²) in [7, 11) is 3.27. The lowest BCUT2D eigenvalue weighted by atomic mass is 9.84. The largest absolute Gasteiger partial charge is 0.493 e. The first kappa shape index (κ1) is 18.3. The minimum Gasteiger partial charge on any atom is -0.493 e. The van der Waals surface area contributed by atoms with Crippen LogP contribution in [0, 0.1) is 0 Å².